The van der Waals surface area contributed by atoms with Crippen molar-refractivity contribution in [3.05, 3.63) is 59.1 Å². The van der Waals surface area contributed by atoms with E-state index >= 15 is 0 Å². The molecule has 9 heteroatoms. The van der Waals surface area contributed by atoms with E-state index in [1.165, 1.54) is 22.5 Å². The number of halogens is 4. The van der Waals surface area contributed by atoms with Gasteiger partial charge in [0.05, 0.1) is 10.5 Å². The zero-order valence-electron chi connectivity index (χ0n) is 13.6. The molecule has 1 aliphatic rings. The monoisotopic (exact) mass is 404 g/mol. The average molecular weight is 405 g/mol. The summed E-state index contributed by atoms with van der Waals surface area (Å²) in [5.41, 5.74) is -0.288. The number of hydrogen-bond acceptors (Lipinski definition) is 3. The van der Waals surface area contributed by atoms with E-state index in [1.54, 1.807) is 23.1 Å². The highest BCUT2D eigenvalue weighted by Crippen LogP contribution is 2.32. The fourth-order valence-electron chi connectivity index (χ4n) is 2.84. The molecule has 0 atom stereocenters. The molecule has 0 aliphatic carbocycles. The van der Waals surface area contributed by atoms with Crippen LogP contribution < -0.4 is 4.90 Å². The lowest BCUT2D eigenvalue weighted by atomic mass is 10.1. The van der Waals surface area contributed by atoms with Crippen molar-refractivity contribution in [2.45, 2.75) is 11.1 Å². The van der Waals surface area contributed by atoms with Crippen LogP contribution in [0.1, 0.15) is 5.56 Å². The number of nitrogens with zero attached hydrogens (tertiary/aromatic N) is 2. The van der Waals surface area contributed by atoms with Gasteiger partial charge in [0, 0.05) is 36.9 Å². The summed E-state index contributed by atoms with van der Waals surface area (Å²) in [6.07, 6.45) is -4.41. The predicted molar refractivity (Wildman–Crippen MR) is 93.9 cm³/mol. The van der Waals surface area contributed by atoms with Crippen molar-refractivity contribution in [1.29, 1.82) is 0 Å². The van der Waals surface area contributed by atoms with Crippen molar-refractivity contribution in [2.24, 2.45) is 0 Å². The summed E-state index contributed by atoms with van der Waals surface area (Å²) in [5, 5.41) is 0.327. The highest BCUT2D eigenvalue weighted by atomic mass is 35.5. The summed E-state index contributed by atoms with van der Waals surface area (Å²) in [4.78, 5) is 1.86. The Morgan fingerprint density at radius 1 is 0.923 bits per heavy atom. The summed E-state index contributed by atoms with van der Waals surface area (Å²) in [5.74, 6) is 0. The normalized spacial score (nSPS) is 16.7. The molecule has 2 aromatic rings. The first kappa shape index (κ1) is 19.0. The smallest absolute Gasteiger partial charge is 0.369 e. The van der Waals surface area contributed by atoms with E-state index in [9.17, 15) is 21.6 Å². The van der Waals surface area contributed by atoms with Crippen molar-refractivity contribution < 1.29 is 21.6 Å². The predicted octanol–water partition coefficient (Wildman–Crippen LogP) is 3.87. The van der Waals surface area contributed by atoms with Crippen LogP contribution in [-0.2, 0) is 16.2 Å². The van der Waals surface area contributed by atoms with Gasteiger partial charge in [-0.3, -0.25) is 0 Å². The van der Waals surface area contributed by atoms with E-state index < -0.39 is 21.8 Å². The van der Waals surface area contributed by atoms with Crippen molar-refractivity contribution in [2.75, 3.05) is 31.1 Å². The molecule has 1 fully saturated rings. The molecule has 3 rings (SSSR count). The fraction of sp³-hybridized carbons (Fsp3) is 0.294. The first-order chi connectivity index (χ1) is 12.2. The molecule has 4 nitrogen and oxygen atoms in total. The minimum absolute atomic E-state index is 0.109. The number of sulfonamides is 1. The van der Waals surface area contributed by atoms with Crippen molar-refractivity contribution in [3.63, 3.8) is 0 Å². The maximum absolute atomic E-state index is 12.9. The summed E-state index contributed by atoms with van der Waals surface area (Å²) in [6.45, 7) is 0.985. The summed E-state index contributed by atoms with van der Waals surface area (Å²) >= 11 is 5.86. The standard InChI is InChI=1S/C17H16ClF3N2O2S/c18-14-4-2-6-16(12-14)26(24,25)23-9-7-22(8-10-23)15-5-1-3-13(11-15)17(19,20)21/h1-6,11-12H,7-10H2. The van der Waals surface area contributed by atoms with Crippen LogP contribution in [0, 0.1) is 0 Å². The molecule has 0 N–H and O–H groups in total. The molecule has 1 saturated heterocycles. The van der Waals surface area contributed by atoms with Gasteiger partial charge in [0.1, 0.15) is 0 Å². The SMILES string of the molecule is O=S(=O)(c1cccc(Cl)c1)N1CCN(c2cccc(C(F)(F)F)c2)CC1. The van der Waals surface area contributed by atoms with Gasteiger partial charge in [-0.25, -0.2) is 8.42 Å². The third-order valence-corrected chi connectivity index (χ3v) is 6.34. The van der Waals surface area contributed by atoms with Crippen molar-refractivity contribution in [3.8, 4) is 0 Å². The lowest BCUT2D eigenvalue weighted by Gasteiger charge is -2.35. The number of anilines is 1. The molecular weight excluding hydrogens is 389 g/mol. The number of hydrogen-bond donors (Lipinski definition) is 0. The fourth-order valence-corrected chi connectivity index (χ4v) is 4.57. The van der Waals surface area contributed by atoms with E-state index in [1.807, 2.05) is 0 Å². The van der Waals surface area contributed by atoms with Gasteiger partial charge in [-0.2, -0.15) is 17.5 Å². The quantitative estimate of drug-likeness (QED) is 0.779. The Balaban J connectivity index is 1.73. The molecule has 2 aromatic carbocycles. The second-order valence-corrected chi connectivity index (χ2v) is 8.27. The Morgan fingerprint density at radius 2 is 1.58 bits per heavy atom. The molecule has 0 unspecified atom stereocenters. The highest BCUT2D eigenvalue weighted by Gasteiger charge is 2.32. The molecule has 0 amide bonds. The van der Waals surface area contributed by atoms with Gasteiger partial charge in [-0.15, -0.1) is 0 Å². The van der Waals surface area contributed by atoms with Crippen LogP contribution in [0.15, 0.2) is 53.4 Å². The van der Waals surface area contributed by atoms with E-state index in [-0.39, 0.29) is 18.0 Å². The van der Waals surface area contributed by atoms with Gasteiger partial charge in [0.2, 0.25) is 10.0 Å². The van der Waals surface area contributed by atoms with Gasteiger partial charge in [0.25, 0.3) is 0 Å². The van der Waals surface area contributed by atoms with E-state index in [0.717, 1.165) is 12.1 Å². The zero-order chi connectivity index (χ0) is 18.9. The topological polar surface area (TPSA) is 40.6 Å². The lowest BCUT2D eigenvalue weighted by Crippen LogP contribution is -2.48. The largest absolute Gasteiger partial charge is 0.416 e. The van der Waals surface area contributed by atoms with Crippen LogP contribution in [0.4, 0.5) is 18.9 Å². The summed E-state index contributed by atoms with van der Waals surface area (Å²) in [7, 11) is -3.68. The third-order valence-electron chi connectivity index (χ3n) is 4.21. The molecule has 1 aliphatic heterocycles. The maximum atomic E-state index is 12.9. The van der Waals surface area contributed by atoms with Gasteiger partial charge >= 0.3 is 6.18 Å². The highest BCUT2D eigenvalue weighted by molar-refractivity contribution is 7.89. The van der Waals surface area contributed by atoms with Crippen LogP contribution in [0.5, 0.6) is 0 Å². The molecular formula is C17H16ClF3N2O2S. The second kappa shape index (κ2) is 7.09. The van der Waals surface area contributed by atoms with Crippen molar-refractivity contribution in [1.82, 2.24) is 4.31 Å². The molecule has 26 heavy (non-hydrogen) atoms. The van der Waals surface area contributed by atoms with Crippen molar-refractivity contribution >= 4 is 27.3 Å². The van der Waals surface area contributed by atoms with Gasteiger partial charge in [-0.1, -0.05) is 23.7 Å². The Kier molecular flexibility index (Phi) is 5.18. The molecule has 0 spiro atoms. The molecule has 0 saturated carbocycles. The van der Waals surface area contributed by atoms with Crippen LogP contribution in [0.3, 0.4) is 0 Å². The van der Waals surface area contributed by atoms with Crippen LogP contribution >= 0.6 is 11.6 Å². The minimum Gasteiger partial charge on any atom is -0.369 e. The number of rotatable bonds is 3. The first-order valence-electron chi connectivity index (χ1n) is 7.86. The van der Waals surface area contributed by atoms with E-state index in [0.29, 0.717) is 23.8 Å². The van der Waals surface area contributed by atoms with Gasteiger partial charge in [0.15, 0.2) is 0 Å². The first-order valence-corrected chi connectivity index (χ1v) is 9.68. The van der Waals surface area contributed by atoms with Crippen LogP contribution in [0.25, 0.3) is 0 Å². The Hall–Kier alpha value is -1.77. The summed E-state index contributed by atoms with van der Waals surface area (Å²) < 4.78 is 65.2. The Morgan fingerprint density at radius 3 is 2.19 bits per heavy atom. The third kappa shape index (κ3) is 3.97. The molecule has 1 heterocycles. The van der Waals surface area contributed by atoms with Crippen LogP contribution in [0.2, 0.25) is 5.02 Å². The maximum Gasteiger partial charge on any atom is 0.416 e. The lowest BCUT2D eigenvalue weighted by molar-refractivity contribution is -0.137. The van der Waals surface area contributed by atoms with Gasteiger partial charge in [-0.05, 0) is 36.4 Å². The van der Waals surface area contributed by atoms with E-state index in [4.69, 9.17) is 11.6 Å². The number of benzene rings is 2. The van der Waals surface area contributed by atoms with Crippen LogP contribution in [-0.4, -0.2) is 38.9 Å². The zero-order valence-corrected chi connectivity index (χ0v) is 15.2. The average Bonchev–Trinajstić information content (AvgIpc) is 2.61. The molecule has 0 bridgehead atoms. The molecule has 0 radical (unpaired) electrons. The minimum atomic E-state index is -4.41. The second-order valence-electron chi connectivity index (χ2n) is 5.90. The molecule has 140 valence electrons. The Labute approximate surface area is 154 Å². The Bertz CT molecular complexity index is 895. The van der Waals surface area contributed by atoms with Gasteiger partial charge < -0.3 is 4.90 Å². The molecule has 0 aromatic heterocycles. The van der Waals surface area contributed by atoms with E-state index in [2.05, 4.69) is 0 Å². The number of alkyl halides is 3. The summed E-state index contributed by atoms with van der Waals surface area (Å²) in [6, 6.07) is 11.1. The number of piperazine rings is 1.